The van der Waals surface area contributed by atoms with Gasteiger partial charge in [0.2, 0.25) is 0 Å². The highest BCUT2D eigenvalue weighted by molar-refractivity contribution is 5.94. The monoisotopic (exact) mass is 212 g/mol. The molecule has 0 amide bonds. The van der Waals surface area contributed by atoms with Crippen molar-refractivity contribution in [3.63, 3.8) is 0 Å². The molecule has 7 nitrogen and oxygen atoms in total. The quantitative estimate of drug-likeness (QED) is 0.447. The Balaban J connectivity index is 3.28. The van der Waals surface area contributed by atoms with Crippen molar-refractivity contribution >= 4 is 11.7 Å². The first-order chi connectivity index (χ1) is 7.10. The lowest BCUT2D eigenvalue weighted by atomic mass is 10.1. The molecule has 15 heavy (non-hydrogen) atoms. The van der Waals surface area contributed by atoms with Gasteiger partial charge < -0.3 is 9.57 Å². The summed E-state index contributed by atoms with van der Waals surface area (Å²) in [6.45, 7) is 0. The number of ether oxygens (including phenoxy) is 1. The van der Waals surface area contributed by atoms with Crippen LogP contribution in [0.3, 0.4) is 0 Å². The van der Waals surface area contributed by atoms with Crippen LogP contribution in [0, 0.1) is 10.1 Å². The number of nitro groups is 1. The van der Waals surface area contributed by atoms with Gasteiger partial charge in [-0.1, -0.05) is 0 Å². The van der Waals surface area contributed by atoms with Crippen molar-refractivity contribution < 1.29 is 19.3 Å². The minimum Gasteiger partial charge on any atom is -0.465 e. The zero-order chi connectivity index (χ0) is 11.4. The number of hydrogen-bond donors (Lipinski definition) is 1. The summed E-state index contributed by atoms with van der Waals surface area (Å²) in [5.41, 5.74) is -0.562. The zero-order valence-corrected chi connectivity index (χ0v) is 7.80. The standard InChI is InChI=1S/C8H8N2O5/c1-14-8(11)6-4-5(15-9)2-3-7(6)10(12)13/h2-4H,9H2,1H3. The predicted molar refractivity (Wildman–Crippen MR) is 49.3 cm³/mol. The smallest absolute Gasteiger partial charge is 0.345 e. The Morgan fingerprint density at radius 1 is 1.53 bits per heavy atom. The highest BCUT2D eigenvalue weighted by atomic mass is 16.6. The number of rotatable bonds is 3. The SMILES string of the molecule is COC(=O)c1cc(ON)ccc1[N+](=O)[O-]. The van der Waals surface area contributed by atoms with E-state index in [0.29, 0.717) is 0 Å². The minimum absolute atomic E-state index is 0.140. The number of nitro benzene ring substituents is 1. The molecule has 0 saturated carbocycles. The Morgan fingerprint density at radius 2 is 2.20 bits per heavy atom. The van der Waals surface area contributed by atoms with Gasteiger partial charge in [-0.25, -0.2) is 4.79 Å². The van der Waals surface area contributed by atoms with Crippen LogP contribution in [0.2, 0.25) is 0 Å². The molecule has 0 spiro atoms. The van der Waals surface area contributed by atoms with Crippen LogP contribution in [0.4, 0.5) is 5.69 Å². The Morgan fingerprint density at radius 3 is 2.67 bits per heavy atom. The second-order valence-electron chi connectivity index (χ2n) is 2.55. The lowest BCUT2D eigenvalue weighted by Gasteiger charge is -2.03. The average molecular weight is 212 g/mol. The Labute approximate surface area is 84.5 Å². The van der Waals surface area contributed by atoms with Crippen molar-refractivity contribution in [2.24, 2.45) is 5.90 Å². The predicted octanol–water partition coefficient (Wildman–Crippen LogP) is 0.634. The molecule has 0 aliphatic carbocycles. The highest BCUT2D eigenvalue weighted by Gasteiger charge is 2.21. The van der Waals surface area contributed by atoms with Crippen molar-refractivity contribution in [2.45, 2.75) is 0 Å². The number of carbonyl (C=O) groups excluding carboxylic acids is 1. The van der Waals surface area contributed by atoms with Crippen LogP contribution in [0.1, 0.15) is 10.4 Å². The molecule has 7 heteroatoms. The minimum atomic E-state index is -0.819. The molecule has 1 aromatic rings. The number of esters is 1. The largest absolute Gasteiger partial charge is 0.465 e. The summed E-state index contributed by atoms with van der Waals surface area (Å²) in [6.07, 6.45) is 0. The van der Waals surface area contributed by atoms with Gasteiger partial charge in [0.1, 0.15) is 11.3 Å². The molecule has 1 aromatic carbocycles. The summed E-state index contributed by atoms with van der Waals surface area (Å²) in [5, 5.41) is 10.6. The molecular formula is C8H8N2O5. The van der Waals surface area contributed by atoms with Gasteiger partial charge in [0.05, 0.1) is 12.0 Å². The third-order valence-corrected chi connectivity index (χ3v) is 1.71. The van der Waals surface area contributed by atoms with Gasteiger partial charge in [-0.2, -0.15) is 5.90 Å². The molecule has 80 valence electrons. The number of nitrogens with zero attached hydrogens (tertiary/aromatic N) is 1. The van der Waals surface area contributed by atoms with E-state index in [9.17, 15) is 14.9 Å². The highest BCUT2D eigenvalue weighted by Crippen LogP contribution is 2.24. The second-order valence-corrected chi connectivity index (χ2v) is 2.55. The summed E-state index contributed by atoms with van der Waals surface area (Å²) < 4.78 is 4.39. The lowest BCUT2D eigenvalue weighted by molar-refractivity contribution is -0.385. The fraction of sp³-hybridized carbons (Fsp3) is 0.125. The molecule has 0 heterocycles. The lowest BCUT2D eigenvalue weighted by Crippen LogP contribution is -2.08. The van der Waals surface area contributed by atoms with Crippen LogP contribution in [-0.2, 0) is 4.74 Å². The van der Waals surface area contributed by atoms with Crippen LogP contribution in [-0.4, -0.2) is 18.0 Å². The Hall–Kier alpha value is -2.15. The van der Waals surface area contributed by atoms with E-state index in [0.717, 1.165) is 19.2 Å². The van der Waals surface area contributed by atoms with Gasteiger partial charge in [-0.3, -0.25) is 10.1 Å². The molecule has 0 aromatic heterocycles. The fourth-order valence-electron chi connectivity index (χ4n) is 1.02. The summed E-state index contributed by atoms with van der Waals surface area (Å²) in [5.74, 6) is 4.19. The molecule has 0 aliphatic heterocycles. The maximum atomic E-state index is 11.2. The van der Waals surface area contributed by atoms with Gasteiger partial charge in [0.25, 0.3) is 5.69 Å². The molecule has 0 fully saturated rings. The van der Waals surface area contributed by atoms with Gasteiger partial charge in [-0.05, 0) is 6.07 Å². The number of methoxy groups -OCH3 is 1. The molecule has 0 unspecified atom stereocenters. The van der Waals surface area contributed by atoms with Crippen LogP contribution in [0.15, 0.2) is 18.2 Å². The van der Waals surface area contributed by atoms with E-state index in [-0.39, 0.29) is 17.0 Å². The van der Waals surface area contributed by atoms with Crippen LogP contribution in [0.25, 0.3) is 0 Å². The van der Waals surface area contributed by atoms with Gasteiger partial charge >= 0.3 is 5.97 Å². The van der Waals surface area contributed by atoms with Crippen molar-refractivity contribution in [1.29, 1.82) is 0 Å². The van der Waals surface area contributed by atoms with Gasteiger partial charge in [0, 0.05) is 12.1 Å². The zero-order valence-electron chi connectivity index (χ0n) is 7.80. The van der Waals surface area contributed by atoms with Crippen molar-refractivity contribution in [3.8, 4) is 5.75 Å². The van der Waals surface area contributed by atoms with Crippen molar-refractivity contribution in [3.05, 3.63) is 33.9 Å². The van der Waals surface area contributed by atoms with Crippen molar-refractivity contribution in [1.82, 2.24) is 0 Å². The summed E-state index contributed by atoms with van der Waals surface area (Å²) >= 11 is 0. The number of carbonyl (C=O) groups is 1. The van der Waals surface area contributed by atoms with E-state index >= 15 is 0 Å². The maximum Gasteiger partial charge on any atom is 0.345 e. The van der Waals surface area contributed by atoms with Crippen LogP contribution in [0.5, 0.6) is 5.75 Å². The van der Waals surface area contributed by atoms with E-state index < -0.39 is 10.9 Å². The summed E-state index contributed by atoms with van der Waals surface area (Å²) in [4.78, 5) is 25.4. The molecule has 0 aliphatic rings. The first-order valence-corrected chi connectivity index (χ1v) is 3.83. The first kappa shape index (κ1) is 10.9. The second kappa shape index (κ2) is 4.38. The van der Waals surface area contributed by atoms with E-state index in [1.54, 1.807) is 0 Å². The van der Waals surface area contributed by atoms with E-state index in [2.05, 4.69) is 9.57 Å². The third kappa shape index (κ3) is 2.20. The van der Waals surface area contributed by atoms with Gasteiger partial charge in [-0.15, -0.1) is 0 Å². The van der Waals surface area contributed by atoms with Crippen LogP contribution < -0.4 is 10.7 Å². The van der Waals surface area contributed by atoms with Crippen LogP contribution >= 0.6 is 0 Å². The molecular weight excluding hydrogens is 204 g/mol. The molecule has 0 radical (unpaired) electrons. The topological polar surface area (TPSA) is 105 Å². The summed E-state index contributed by atoms with van der Waals surface area (Å²) in [6, 6.07) is 3.54. The van der Waals surface area contributed by atoms with E-state index in [1.807, 2.05) is 0 Å². The molecule has 1 rings (SSSR count). The maximum absolute atomic E-state index is 11.2. The number of nitrogens with two attached hydrogens (primary N) is 1. The van der Waals surface area contributed by atoms with E-state index in [4.69, 9.17) is 5.90 Å². The average Bonchev–Trinajstić information content (AvgIpc) is 2.26. The first-order valence-electron chi connectivity index (χ1n) is 3.83. The molecule has 0 saturated heterocycles. The molecule has 2 N–H and O–H groups in total. The normalized spacial score (nSPS) is 9.47. The number of hydrogen-bond acceptors (Lipinski definition) is 6. The van der Waals surface area contributed by atoms with Gasteiger partial charge in [0.15, 0.2) is 0 Å². The molecule has 0 atom stereocenters. The summed E-state index contributed by atoms with van der Waals surface area (Å²) in [7, 11) is 1.13. The fourth-order valence-corrected chi connectivity index (χ4v) is 1.02. The van der Waals surface area contributed by atoms with E-state index in [1.165, 1.54) is 6.07 Å². The number of benzene rings is 1. The Kier molecular flexibility index (Phi) is 3.19. The third-order valence-electron chi connectivity index (χ3n) is 1.71. The Bertz CT molecular complexity index is 404. The molecule has 0 bridgehead atoms. The van der Waals surface area contributed by atoms with Crippen molar-refractivity contribution in [2.75, 3.05) is 7.11 Å².